The summed E-state index contributed by atoms with van der Waals surface area (Å²) in [5.41, 5.74) is 6.20. The fraction of sp³-hybridized carbons (Fsp3) is 0.725. The molecule has 0 aromatic carbocycles. The molecule has 0 aromatic heterocycles. The number of carbonyl (C=O) groups excluding carboxylic acids is 5. The molecule has 6 aliphatic rings. The van der Waals surface area contributed by atoms with Crippen molar-refractivity contribution in [2.45, 2.75) is 286 Å². The van der Waals surface area contributed by atoms with Crippen LogP contribution in [0.3, 0.4) is 0 Å². The highest BCUT2D eigenvalue weighted by molar-refractivity contribution is 7.47. The summed E-state index contributed by atoms with van der Waals surface area (Å²) >= 11 is 0. The highest BCUT2D eigenvalue weighted by Crippen LogP contribution is 2.49. The Morgan fingerprint density at radius 1 is 0.716 bits per heavy atom. The Balaban J connectivity index is 1.25. The number of carboxylic acid groups (broad SMARTS) is 2. The molecule has 27 atom stereocenters. The Morgan fingerprint density at radius 2 is 1.29 bits per heavy atom. The lowest BCUT2D eigenvalue weighted by molar-refractivity contribution is -0.375. The number of rotatable bonds is 37. The van der Waals surface area contributed by atoms with Gasteiger partial charge in [0, 0.05) is 26.7 Å². The minimum absolute atomic E-state index is 0.131. The van der Waals surface area contributed by atoms with Gasteiger partial charge in [0.05, 0.1) is 32.5 Å². The second-order valence-electron chi connectivity index (χ2n) is 28.8. The normalized spacial score (nSPS) is 35.6. The molecule has 0 radical (unpaired) electrons. The monoisotopic (exact) mass is 1580 g/mol. The molecule has 0 saturated carbocycles. The number of carboxylic acids is 2. The van der Waals surface area contributed by atoms with E-state index in [1.807, 2.05) is 6.08 Å². The van der Waals surface area contributed by atoms with Crippen molar-refractivity contribution >= 4 is 49.4 Å². The lowest BCUT2D eigenvalue weighted by atomic mass is 9.85. The van der Waals surface area contributed by atoms with Crippen LogP contribution in [0.25, 0.3) is 0 Å². The molecule has 109 heavy (non-hydrogen) atoms. The van der Waals surface area contributed by atoms with Crippen LogP contribution < -0.4 is 21.7 Å². The van der Waals surface area contributed by atoms with E-state index in [0.29, 0.717) is 19.8 Å². The summed E-state index contributed by atoms with van der Waals surface area (Å²) < 4.78 is 88.5. The van der Waals surface area contributed by atoms with Crippen molar-refractivity contribution in [3.63, 3.8) is 0 Å². The second kappa shape index (κ2) is 40.5. The smallest absolute Gasteiger partial charge is 0.474 e. The maximum absolute atomic E-state index is 14.1. The number of ketones is 1. The number of amides is 4. The largest absolute Gasteiger partial charge is 0.510 e. The summed E-state index contributed by atoms with van der Waals surface area (Å²) in [5, 5.41) is 149. The molecule has 5 saturated heterocycles. The number of aliphatic hydroxyl groups excluding tert-OH is 10. The quantitative estimate of drug-likeness (QED) is 0.0250. The number of carbonyl (C=O) groups is 7. The van der Waals surface area contributed by atoms with Gasteiger partial charge < -0.3 is 145 Å². The standard InChI is InChI=1S/C69H107N4O35P/c1-30(2)15-14-17-31(3)18-19-33(5)22-25-68(9,10)24-13-12-16-32(4)23-26-96-41(60(88)89)29-98-109(94,95)108-66-56(57(107-67(70)92)69(11,93)58(106-66)61(90)91)105-63-44(72-36(8)76)47(81)54(40(101-63)28-97-64-51(85)48(82)45(79)39(27-74)100-64)103-62-43(71-35(7)75)46(80)53(34(6)99-62)102-65-52(86)49(83)50(84)55(104-65)59(87)73-42-37(77)20-21-38(42)78/h13,15,18,23-24,34,39-41,43-58,62-66,74,77,79-86,93H,5,12,14,16-17,19-22,25-29H2,1-4,6-11H3,(H2,70,92)(H,71,75)(H,72,76)(H,73,87)(H,88,89)(H,90,91)(H,94,95)/b24-13+,31-18+,32-23+/t34-,39-,40-,41+,43-,44?,45-,46-,47-,48+,49+,50-,51-,52-,53-,54-,55+,56?,57-,58-,62+,63+,64-,65-,66-,69+/m1/s1. The molecule has 5 fully saturated rings. The predicted molar refractivity (Wildman–Crippen MR) is 370 cm³/mol. The Hall–Kier alpha value is -6.16. The van der Waals surface area contributed by atoms with E-state index in [1.165, 1.54) is 18.1 Å². The van der Waals surface area contributed by atoms with Crippen LogP contribution in [0.15, 0.2) is 70.7 Å². The number of aliphatic hydroxyl groups is 11. The van der Waals surface area contributed by atoms with E-state index < -0.39 is 240 Å². The Kier molecular flexibility index (Phi) is 34.1. The molecule has 0 aromatic rings. The van der Waals surface area contributed by atoms with Crippen LogP contribution in [0.5, 0.6) is 0 Å². The zero-order valence-corrected chi connectivity index (χ0v) is 63.0. The van der Waals surface area contributed by atoms with Crippen LogP contribution in [0.1, 0.15) is 127 Å². The van der Waals surface area contributed by atoms with E-state index in [9.17, 15) is 109 Å². The highest BCUT2D eigenvalue weighted by Gasteiger charge is 2.63. The Labute approximate surface area is 628 Å². The Morgan fingerprint density at radius 3 is 1.88 bits per heavy atom. The van der Waals surface area contributed by atoms with E-state index in [-0.39, 0.29) is 24.9 Å². The summed E-state index contributed by atoms with van der Waals surface area (Å²) in [6, 6.07) is -4.03. The summed E-state index contributed by atoms with van der Waals surface area (Å²) in [6.07, 6.45) is -36.2. The summed E-state index contributed by atoms with van der Waals surface area (Å²) in [6.45, 7) is 16.6. The first-order valence-electron chi connectivity index (χ1n) is 35.3. The molecule has 40 heteroatoms. The molecule has 4 amide bonds. The maximum Gasteiger partial charge on any atom is 0.474 e. The number of primary amides is 1. The third-order valence-corrected chi connectivity index (χ3v) is 19.8. The van der Waals surface area contributed by atoms with Crippen molar-refractivity contribution < 1.29 is 171 Å². The van der Waals surface area contributed by atoms with Crippen LogP contribution in [0, 0.1) is 5.41 Å². The van der Waals surface area contributed by atoms with Gasteiger partial charge in [0.2, 0.25) is 11.8 Å². The van der Waals surface area contributed by atoms with Crippen LogP contribution in [0.4, 0.5) is 4.79 Å². The van der Waals surface area contributed by atoms with Crippen molar-refractivity contribution in [3.8, 4) is 0 Å². The third kappa shape index (κ3) is 25.4. The van der Waals surface area contributed by atoms with Crippen molar-refractivity contribution in [2.24, 2.45) is 11.1 Å². The number of nitrogens with two attached hydrogens (primary N) is 1. The van der Waals surface area contributed by atoms with Gasteiger partial charge in [0.1, 0.15) is 102 Å². The molecule has 39 nitrogen and oxygen atoms in total. The van der Waals surface area contributed by atoms with Gasteiger partial charge in [0.25, 0.3) is 5.91 Å². The first kappa shape index (κ1) is 91.7. The van der Waals surface area contributed by atoms with Crippen molar-refractivity contribution in [1.82, 2.24) is 16.0 Å². The summed E-state index contributed by atoms with van der Waals surface area (Å²) in [5.74, 6) is -8.21. The molecule has 1 aliphatic carbocycles. The van der Waals surface area contributed by atoms with E-state index in [4.69, 9.17) is 66.9 Å². The van der Waals surface area contributed by atoms with Crippen LogP contribution in [-0.4, -0.2) is 298 Å². The fourth-order valence-corrected chi connectivity index (χ4v) is 13.4. The number of phosphoric acid groups is 1. The third-order valence-electron chi connectivity index (χ3n) is 18.9. The number of hydrogen-bond acceptors (Lipinski definition) is 32. The van der Waals surface area contributed by atoms with Gasteiger partial charge >= 0.3 is 25.9 Å². The molecular weight excluding hydrogens is 1480 g/mol. The zero-order chi connectivity index (χ0) is 81.5. The van der Waals surface area contributed by atoms with Crippen molar-refractivity contribution in [3.05, 3.63) is 70.7 Å². The van der Waals surface area contributed by atoms with Gasteiger partial charge in [0.15, 0.2) is 67.8 Å². The van der Waals surface area contributed by atoms with Crippen LogP contribution in [0.2, 0.25) is 0 Å². The topological polar surface area (TPSA) is 602 Å². The molecule has 0 spiro atoms. The van der Waals surface area contributed by atoms with Crippen molar-refractivity contribution in [2.75, 3.05) is 26.4 Å². The molecule has 3 unspecified atom stereocenters. The summed E-state index contributed by atoms with van der Waals surface area (Å²) in [4.78, 5) is 101. The molecule has 5 aliphatic heterocycles. The molecule has 5 heterocycles. The zero-order valence-electron chi connectivity index (χ0n) is 62.1. The molecule has 19 N–H and O–H groups in total. The molecule has 618 valence electrons. The summed E-state index contributed by atoms with van der Waals surface area (Å²) in [7, 11) is -5.89. The van der Waals surface area contributed by atoms with E-state index >= 15 is 0 Å². The van der Waals surface area contributed by atoms with Gasteiger partial charge in [-0.15, -0.1) is 0 Å². The van der Waals surface area contributed by atoms with Crippen molar-refractivity contribution in [1.29, 1.82) is 0 Å². The van der Waals surface area contributed by atoms with Gasteiger partial charge in [-0.25, -0.2) is 18.9 Å². The number of nitrogens with one attached hydrogen (secondary N) is 3. The van der Waals surface area contributed by atoms with Gasteiger partial charge in [-0.3, -0.25) is 28.2 Å². The van der Waals surface area contributed by atoms with E-state index in [2.05, 4.69) is 75.4 Å². The minimum atomic E-state index is -5.89. The number of ether oxygens (including phenoxy) is 11. The van der Waals surface area contributed by atoms with Gasteiger partial charge in [-0.2, -0.15) is 0 Å². The van der Waals surface area contributed by atoms with E-state index in [1.54, 1.807) is 13.0 Å². The average molecular weight is 1580 g/mol. The molecule has 0 bridgehead atoms. The Bertz CT molecular complexity index is 3360. The van der Waals surface area contributed by atoms with E-state index in [0.717, 1.165) is 57.1 Å². The first-order chi connectivity index (χ1) is 50.9. The fourth-order valence-electron chi connectivity index (χ4n) is 12.6. The predicted octanol–water partition coefficient (Wildman–Crippen LogP) is -1.43. The highest BCUT2D eigenvalue weighted by atomic mass is 31.2. The minimum Gasteiger partial charge on any atom is -0.510 e. The number of hydrogen-bond donors (Lipinski definition) is 18. The average Bonchev–Trinajstić information content (AvgIpc) is 1.80. The van der Waals surface area contributed by atoms with Crippen LogP contribution >= 0.6 is 7.82 Å². The number of allylic oxidation sites excluding steroid dienone is 10. The first-order valence-corrected chi connectivity index (χ1v) is 36.8. The SMILES string of the molecule is C=C(C/C=C(\C)CCC=C(C)C)CCC(C)(C)/C=C/CC/C(C)=C/CO[C@@H](COP(=O)(O)O[C@H]1O[C@H](C(=O)O)[C@@](C)(O)[C@H](OC(N)=O)C1O[C@@H]1O[C@H](CO[C@@H]2O[C@H](CO)[C@@H](O)[C@H](O)[C@H]2O)[C@@H](O[C@@H]2O[C@H](C)[C@@H](O[C@@H]3O[C@H](C(=O)NC4=C(O)CCC4=O)[C@H](O)[C@H](O)[C@H]3O)[C@H](O)[C@H]2NC(C)=O)[C@H](O)C1NC(C)=O)C(=O)O. The number of Topliss-reactive ketones (excluding diaryl/α,β-unsaturated/α-hetero) is 1. The number of phosphoric ester groups is 1. The molecule has 6 rings (SSSR count). The lowest BCUT2D eigenvalue weighted by Crippen LogP contribution is -2.72. The van der Waals surface area contributed by atoms with Gasteiger partial charge in [-0.1, -0.05) is 73.1 Å². The van der Waals surface area contributed by atoms with Crippen LogP contribution in [-0.2, 0) is 94.5 Å². The van der Waals surface area contributed by atoms with Gasteiger partial charge in [-0.05, 0) is 91.9 Å². The second-order valence-corrected chi connectivity index (χ2v) is 30.2. The maximum atomic E-state index is 14.1. The lowest BCUT2D eigenvalue weighted by Gasteiger charge is -2.51. The molecular formula is C69H107N4O35P. The number of aliphatic carboxylic acids is 2.